The Balaban J connectivity index is 1.96. The summed E-state index contributed by atoms with van der Waals surface area (Å²) in [6.07, 6.45) is 0. The van der Waals surface area contributed by atoms with E-state index in [0.717, 1.165) is 16.5 Å². The summed E-state index contributed by atoms with van der Waals surface area (Å²) in [7, 11) is 3.02. The number of hydrogen-bond donors (Lipinski definition) is 0. The first kappa shape index (κ1) is 17.4. The third kappa shape index (κ3) is 2.75. The smallest absolute Gasteiger partial charge is 0.270 e. The Morgan fingerprint density at radius 3 is 2.23 bits per heavy atom. The van der Waals surface area contributed by atoms with Gasteiger partial charge >= 0.3 is 0 Å². The number of amides is 2. The molecular weight excluding hydrogens is 340 g/mol. The molecule has 1 aliphatic rings. The van der Waals surface area contributed by atoms with Gasteiger partial charge in [-0.3, -0.25) is 24.6 Å². The molecule has 2 aromatic carbocycles. The zero-order valence-corrected chi connectivity index (χ0v) is 14.4. The van der Waals surface area contributed by atoms with Crippen LogP contribution in [0.1, 0.15) is 31.8 Å². The lowest BCUT2D eigenvalue weighted by Gasteiger charge is -2.17. The SMILES string of the molecule is COc1cc(C)c(CN2C(=O)c3ccc([N+](=O)[O-])cc3C2=O)cc1OC. The molecule has 1 heterocycles. The second kappa shape index (κ2) is 6.47. The van der Waals surface area contributed by atoms with E-state index in [4.69, 9.17) is 9.47 Å². The van der Waals surface area contributed by atoms with Crippen LogP contribution in [0.2, 0.25) is 0 Å². The summed E-state index contributed by atoms with van der Waals surface area (Å²) >= 11 is 0. The number of carbonyl (C=O) groups is 2. The highest BCUT2D eigenvalue weighted by molar-refractivity contribution is 6.21. The lowest BCUT2D eigenvalue weighted by atomic mass is 10.1. The molecule has 8 nitrogen and oxygen atoms in total. The maximum absolute atomic E-state index is 12.6. The lowest BCUT2D eigenvalue weighted by Crippen LogP contribution is -2.29. The van der Waals surface area contributed by atoms with Crippen molar-refractivity contribution in [2.45, 2.75) is 13.5 Å². The van der Waals surface area contributed by atoms with Crippen LogP contribution >= 0.6 is 0 Å². The summed E-state index contributed by atoms with van der Waals surface area (Å²) in [5.41, 5.74) is 1.52. The van der Waals surface area contributed by atoms with Gasteiger partial charge in [-0.05, 0) is 36.2 Å². The largest absolute Gasteiger partial charge is 0.493 e. The fourth-order valence-corrected chi connectivity index (χ4v) is 2.90. The summed E-state index contributed by atoms with van der Waals surface area (Å²) < 4.78 is 10.5. The van der Waals surface area contributed by atoms with E-state index in [1.54, 1.807) is 12.1 Å². The average molecular weight is 356 g/mol. The number of hydrogen-bond acceptors (Lipinski definition) is 6. The summed E-state index contributed by atoms with van der Waals surface area (Å²) in [4.78, 5) is 36.5. The van der Waals surface area contributed by atoms with Crippen LogP contribution in [0.3, 0.4) is 0 Å². The first-order valence-electron chi connectivity index (χ1n) is 7.73. The zero-order valence-electron chi connectivity index (χ0n) is 14.4. The van der Waals surface area contributed by atoms with E-state index in [9.17, 15) is 19.7 Å². The van der Waals surface area contributed by atoms with Crippen molar-refractivity contribution >= 4 is 17.5 Å². The Hall–Kier alpha value is -3.42. The number of nitro benzene ring substituents is 1. The first-order valence-corrected chi connectivity index (χ1v) is 7.73. The molecule has 8 heteroatoms. The maximum atomic E-state index is 12.6. The molecule has 0 saturated carbocycles. The van der Waals surface area contributed by atoms with Gasteiger partial charge in [0, 0.05) is 12.1 Å². The van der Waals surface area contributed by atoms with E-state index in [-0.39, 0.29) is 23.4 Å². The third-order valence-electron chi connectivity index (χ3n) is 4.34. The molecule has 3 rings (SSSR count). The van der Waals surface area contributed by atoms with E-state index < -0.39 is 16.7 Å². The van der Waals surface area contributed by atoms with Crippen LogP contribution in [0.25, 0.3) is 0 Å². The van der Waals surface area contributed by atoms with Gasteiger partial charge in [-0.25, -0.2) is 0 Å². The van der Waals surface area contributed by atoms with Crippen molar-refractivity contribution in [2.75, 3.05) is 14.2 Å². The lowest BCUT2D eigenvalue weighted by molar-refractivity contribution is -0.384. The number of nitrogens with zero attached hydrogens (tertiary/aromatic N) is 2. The number of fused-ring (bicyclic) bond motifs is 1. The predicted octanol–water partition coefficient (Wildman–Crippen LogP) is 2.72. The number of imide groups is 1. The molecule has 0 radical (unpaired) electrons. The average Bonchev–Trinajstić information content (AvgIpc) is 2.87. The van der Waals surface area contributed by atoms with Gasteiger partial charge in [0.15, 0.2) is 11.5 Å². The monoisotopic (exact) mass is 356 g/mol. The fourth-order valence-electron chi connectivity index (χ4n) is 2.90. The Morgan fingerprint density at radius 1 is 1.00 bits per heavy atom. The molecule has 2 amide bonds. The molecule has 2 aromatic rings. The van der Waals surface area contributed by atoms with Crippen LogP contribution in [-0.4, -0.2) is 35.9 Å². The summed E-state index contributed by atoms with van der Waals surface area (Å²) in [6, 6.07) is 7.14. The molecule has 1 aliphatic heterocycles. The van der Waals surface area contributed by atoms with Crippen LogP contribution in [-0.2, 0) is 6.54 Å². The van der Waals surface area contributed by atoms with Crippen LogP contribution in [0.15, 0.2) is 30.3 Å². The van der Waals surface area contributed by atoms with Gasteiger partial charge in [0.25, 0.3) is 17.5 Å². The second-order valence-corrected chi connectivity index (χ2v) is 5.82. The molecule has 0 fully saturated rings. The van der Waals surface area contributed by atoms with Crippen LogP contribution < -0.4 is 9.47 Å². The van der Waals surface area contributed by atoms with Crippen molar-refractivity contribution in [1.82, 2.24) is 4.90 Å². The number of benzene rings is 2. The number of carbonyl (C=O) groups excluding carboxylic acids is 2. The Labute approximate surface area is 149 Å². The number of aryl methyl sites for hydroxylation is 1. The highest BCUT2D eigenvalue weighted by atomic mass is 16.6. The van der Waals surface area contributed by atoms with Gasteiger partial charge in [0.1, 0.15) is 0 Å². The van der Waals surface area contributed by atoms with Crippen molar-refractivity contribution < 1.29 is 24.0 Å². The van der Waals surface area contributed by atoms with E-state index in [1.807, 2.05) is 6.92 Å². The van der Waals surface area contributed by atoms with Crippen molar-refractivity contribution in [1.29, 1.82) is 0 Å². The van der Waals surface area contributed by atoms with Crippen molar-refractivity contribution in [3.63, 3.8) is 0 Å². The second-order valence-electron chi connectivity index (χ2n) is 5.82. The van der Waals surface area contributed by atoms with Gasteiger partial charge in [-0.15, -0.1) is 0 Å². The van der Waals surface area contributed by atoms with E-state index in [0.29, 0.717) is 17.1 Å². The number of rotatable bonds is 5. The summed E-state index contributed by atoms with van der Waals surface area (Å²) in [5, 5.41) is 10.9. The van der Waals surface area contributed by atoms with Gasteiger partial charge < -0.3 is 9.47 Å². The number of ether oxygens (including phenoxy) is 2. The molecule has 0 atom stereocenters. The number of methoxy groups -OCH3 is 2. The van der Waals surface area contributed by atoms with Gasteiger partial charge in [-0.2, -0.15) is 0 Å². The predicted molar refractivity (Wildman–Crippen MR) is 91.6 cm³/mol. The first-order chi connectivity index (χ1) is 12.4. The Kier molecular flexibility index (Phi) is 4.33. The molecular formula is C18H16N2O6. The highest BCUT2D eigenvalue weighted by Gasteiger charge is 2.37. The summed E-state index contributed by atoms with van der Waals surface area (Å²) in [6.45, 7) is 1.87. The Morgan fingerprint density at radius 2 is 1.62 bits per heavy atom. The standard InChI is InChI=1S/C18H16N2O6/c1-10-6-15(25-2)16(26-3)7-11(10)9-19-17(21)13-5-4-12(20(23)24)8-14(13)18(19)22/h4-8H,9H2,1-3H3. The minimum atomic E-state index is -0.598. The molecule has 0 unspecified atom stereocenters. The van der Waals surface area contributed by atoms with Crippen LogP contribution in [0.5, 0.6) is 11.5 Å². The molecule has 0 aliphatic carbocycles. The van der Waals surface area contributed by atoms with E-state index in [2.05, 4.69) is 0 Å². The molecule has 0 spiro atoms. The van der Waals surface area contributed by atoms with Crippen LogP contribution in [0.4, 0.5) is 5.69 Å². The topological polar surface area (TPSA) is 99.0 Å². The number of nitro groups is 1. The van der Waals surface area contributed by atoms with Crippen LogP contribution in [0, 0.1) is 17.0 Å². The molecule has 0 N–H and O–H groups in total. The van der Waals surface area contributed by atoms with Crippen molar-refractivity contribution in [2.24, 2.45) is 0 Å². The van der Waals surface area contributed by atoms with E-state index in [1.165, 1.54) is 26.4 Å². The molecule has 0 bridgehead atoms. The van der Waals surface area contributed by atoms with Gasteiger partial charge in [0.05, 0.1) is 36.8 Å². The minimum absolute atomic E-state index is 0.0341. The van der Waals surface area contributed by atoms with Gasteiger partial charge in [-0.1, -0.05) is 0 Å². The minimum Gasteiger partial charge on any atom is -0.493 e. The Bertz CT molecular complexity index is 938. The normalized spacial score (nSPS) is 13.0. The highest BCUT2D eigenvalue weighted by Crippen LogP contribution is 2.33. The molecule has 0 aromatic heterocycles. The van der Waals surface area contributed by atoms with E-state index >= 15 is 0 Å². The van der Waals surface area contributed by atoms with Gasteiger partial charge in [0.2, 0.25) is 0 Å². The maximum Gasteiger partial charge on any atom is 0.270 e. The summed E-state index contributed by atoms with van der Waals surface area (Å²) in [5.74, 6) is 0.00375. The zero-order chi connectivity index (χ0) is 19.0. The third-order valence-corrected chi connectivity index (χ3v) is 4.34. The quantitative estimate of drug-likeness (QED) is 0.464. The molecule has 26 heavy (non-hydrogen) atoms. The molecule has 134 valence electrons. The van der Waals surface area contributed by atoms with Crippen molar-refractivity contribution in [3.05, 3.63) is 62.7 Å². The fraction of sp³-hybridized carbons (Fsp3) is 0.222. The molecule has 0 saturated heterocycles. The van der Waals surface area contributed by atoms with Crippen molar-refractivity contribution in [3.8, 4) is 11.5 Å². The number of non-ortho nitro benzene ring substituents is 1.